The molecule has 3 rings (SSSR count). The van der Waals surface area contributed by atoms with E-state index in [1.165, 1.54) is 12.8 Å². The Kier molecular flexibility index (Phi) is 4.08. The van der Waals surface area contributed by atoms with Crippen LogP contribution in [0.4, 0.5) is 0 Å². The van der Waals surface area contributed by atoms with Crippen LogP contribution < -0.4 is 0 Å². The van der Waals surface area contributed by atoms with Crippen LogP contribution in [0.5, 0.6) is 0 Å². The lowest BCUT2D eigenvalue weighted by molar-refractivity contribution is -0.130. The molecular formula is C15H26N2O2. The van der Waals surface area contributed by atoms with Crippen molar-refractivity contribution < 1.29 is 9.90 Å². The van der Waals surface area contributed by atoms with E-state index in [9.17, 15) is 9.90 Å². The van der Waals surface area contributed by atoms with E-state index in [0.717, 1.165) is 58.2 Å². The second kappa shape index (κ2) is 5.80. The molecule has 2 unspecified atom stereocenters. The Morgan fingerprint density at radius 3 is 2.32 bits per heavy atom. The molecule has 0 aromatic heterocycles. The first-order valence-corrected chi connectivity index (χ1v) is 7.97. The monoisotopic (exact) mass is 266 g/mol. The Bertz CT molecular complexity index is 326. The minimum absolute atomic E-state index is 0.126. The van der Waals surface area contributed by atoms with E-state index in [-0.39, 0.29) is 6.10 Å². The number of hydrogen-bond acceptors (Lipinski definition) is 3. The highest BCUT2D eigenvalue weighted by molar-refractivity contribution is 5.78. The van der Waals surface area contributed by atoms with Gasteiger partial charge in [0, 0.05) is 38.1 Å². The van der Waals surface area contributed by atoms with Crippen molar-refractivity contribution in [3.8, 4) is 0 Å². The Morgan fingerprint density at radius 2 is 1.68 bits per heavy atom. The van der Waals surface area contributed by atoms with Gasteiger partial charge in [0.05, 0.1) is 6.10 Å². The SMILES string of the molecule is O=C1CCCN1C1CCN(C2CCCCC2O)CC1. The molecule has 0 aromatic carbocycles. The number of piperidine rings is 1. The zero-order valence-electron chi connectivity index (χ0n) is 11.8. The Labute approximate surface area is 115 Å². The van der Waals surface area contributed by atoms with Crippen molar-refractivity contribution in [1.82, 2.24) is 9.80 Å². The van der Waals surface area contributed by atoms with Gasteiger partial charge in [-0.15, -0.1) is 0 Å². The lowest BCUT2D eigenvalue weighted by Crippen LogP contribution is -2.52. The second-order valence-corrected chi connectivity index (χ2v) is 6.38. The van der Waals surface area contributed by atoms with Gasteiger partial charge in [0.1, 0.15) is 0 Å². The zero-order chi connectivity index (χ0) is 13.2. The van der Waals surface area contributed by atoms with E-state index in [2.05, 4.69) is 9.80 Å². The number of likely N-dealkylation sites (tertiary alicyclic amines) is 2. The number of hydrogen-bond donors (Lipinski definition) is 1. The molecule has 3 aliphatic rings. The number of amides is 1. The maximum absolute atomic E-state index is 11.8. The molecule has 1 saturated carbocycles. The van der Waals surface area contributed by atoms with E-state index in [1.54, 1.807) is 0 Å². The minimum atomic E-state index is -0.126. The molecule has 1 amide bonds. The molecule has 0 aromatic rings. The van der Waals surface area contributed by atoms with Crippen LogP contribution in [-0.4, -0.2) is 58.6 Å². The van der Waals surface area contributed by atoms with Crippen LogP contribution in [0.2, 0.25) is 0 Å². The Balaban J connectivity index is 1.52. The predicted octanol–water partition coefficient (Wildman–Crippen LogP) is 1.38. The first-order valence-electron chi connectivity index (χ1n) is 7.97. The van der Waals surface area contributed by atoms with Gasteiger partial charge in [-0.25, -0.2) is 0 Å². The minimum Gasteiger partial charge on any atom is -0.391 e. The first-order chi connectivity index (χ1) is 9.25. The van der Waals surface area contributed by atoms with E-state index in [0.29, 0.717) is 18.0 Å². The quantitative estimate of drug-likeness (QED) is 0.821. The maximum Gasteiger partial charge on any atom is 0.222 e. The maximum atomic E-state index is 11.8. The molecule has 0 bridgehead atoms. The summed E-state index contributed by atoms with van der Waals surface area (Å²) in [5.74, 6) is 0.358. The third-order valence-corrected chi connectivity index (χ3v) is 5.21. The molecule has 3 fully saturated rings. The van der Waals surface area contributed by atoms with Gasteiger partial charge in [-0.3, -0.25) is 9.69 Å². The average Bonchev–Trinajstić information content (AvgIpc) is 2.86. The van der Waals surface area contributed by atoms with Crippen LogP contribution in [0.25, 0.3) is 0 Å². The summed E-state index contributed by atoms with van der Waals surface area (Å²) in [6.07, 6.45) is 8.40. The molecule has 2 atom stereocenters. The topological polar surface area (TPSA) is 43.8 Å². The summed E-state index contributed by atoms with van der Waals surface area (Å²) in [7, 11) is 0. The van der Waals surface area contributed by atoms with Gasteiger partial charge >= 0.3 is 0 Å². The molecule has 108 valence electrons. The van der Waals surface area contributed by atoms with Crippen molar-refractivity contribution in [1.29, 1.82) is 0 Å². The average molecular weight is 266 g/mol. The van der Waals surface area contributed by atoms with Crippen molar-refractivity contribution >= 4 is 5.91 Å². The summed E-state index contributed by atoms with van der Waals surface area (Å²) in [6.45, 7) is 3.07. The van der Waals surface area contributed by atoms with Crippen LogP contribution in [-0.2, 0) is 4.79 Å². The number of aliphatic hydroxyl groups excluding tert-OH is 1. The summed E-state index contributed by atoms with van der Waals surface area (Å²) in [6, 6.07) is 0.843. The van der Waals surface area contributed by atoms with E-state index in [4.69, 9.17) is 0 Å². The summed E-state index contributed by atoms with van der Waals surface area (Å²) < 4.78 is 0. The Hall–Kier alpha value is -0.610. The van der Waals surface area contributed by atoms with Gasteiger partial charge in [0.15, 0.2) is 0 Å². The zero-order valence-corrected chi connectivity index (χ0v) is 11.8. The predicted molar refractivity (Wildman–Crippen MR) is 73.8 cm³/mol. The van der Waals surface area contributed by atoms with E-state index >= 15 is 0 Å². The van der Waals surface area contributed by atoms with E-state index in [1.807, 2.05) is 0 Å². The van der Waals surface area contributed by atoms with E-state index < -0.39 is 0 Å². The summed E-state index contributed by atoms with van der Waals surface area (Å²) in [5, 5.41) is 10.1. The van der Waals surface area contributed by atoms with Crippen LogP contribution in [0, 0.1) is 0 Å². The van der Waals surface area contributed by atoms with Crippen molar-refractivity contribution in [2.24, 2.45) is 0 Å². The third kappa shape index (κ3) is 2.79. The van der Waals surface area contributed by atoms with Gasteiger partial charge in [-0.05, 0) is 32.1 Å². The smallest absolute Gasteiger partial charge is 0.222 e. The first kappa shape index (κ1) is 13.4. The Morgan fingerprint density at radius 1 is 0.947 bits per heavy atom. The second-order valence-electron chi connectivity index (χ2n) is 6.38. The van der Waals surface area contributed by atoms with Gasteiger partial charge in [0.2, 0.25) is 5.91 Å². The van der Waals surface area contributed by atoms with Crippen LogP contribution in [0.15, 0.2) is 0 Å². The van der Waals surface area contributed by atoms with Crippen LogP contribution >= 0.6 is 0 Å². The fourth-order valence-electron chi connectivity index (χ4n) is 4.10. The molecular weight excluding hydrogens is 240 g/mol. The van der Waals surface area contributed by atoms with Crippen molar-refractivity contribution in [3.05, 3.63) is 0 Å². The lowest BCUT2D eigenvalue weighted by atomic mass is 9.89. The lowest BCUT2D eigenvalue weighted by Gasteiger charge is -2.43. The molecule has 4 nitrogen and oxygen atoms in total. The number of aliphatic hydroxyl groups is 1. The highest BCUT2D eigenvalue weighted by Crippen LogP contribution is 2.28. The van der Waals surface area contributed by atoms with Crippen molar-refractivity contribution in [2.75, 3.05) is 19.6 Å². The van der Waals surface area contributed by atoms with Crippen LogP contribution in [0.3, 0.4) is 0 Å². The fraction of sp³-hybridized carbons (Fsp3) is 0.933. The van der Waals surface area contributed by atoms with Crippen molar-refractivity contribution in [2.45, 2.75) is 69.6 Å². The summed E-state index contributed by atoms with van der Waals surface area (Å²) in [4.78, 5) is 16.4. The standard InChI is InChI=1S/C15H26N2O2/c18-14-5-2-1-4-13(14)16-10-7-12(8-11-16)17-9-3-6-15(17)19/h12-14,18H,1-11H2. The molecule has 1 aliphatic carbocycles. The number of carbonyl (C=O) groups excluding carboxylic acids is 1. The molecule has 1 N–H and O–H groups in total. The number of nitrogens with zero attached hydrogens (tertiary/aromatic N) is 2. The molecule has 0 spiro atoms. The largest absolute Gasteiger partial charge is 0.391 e. The van der Waals surface area contributed by atoms with Gasteiger partial charge in [-0.2, -0.15) is 0 Å². The molecule has 4 heteroatoms. The molecule has 2 saturated heterocycles. The molecule has 2 heterocycles. The highest BCUT2D eigenvalue weighted by Gasteiger charge is 2.35. The van der Waals surface area contributed by atoms with Crippen molar-refractivity contribution in [3.63, 3.8) is 0 Å². The summed E-state index contributed by atoms with van der Waals surface area (Å²) >= 11 is 0. The summed E-state index contributed by atoms with van der Waals surface area (Å²) in [5.41, 5.74) is 0. The van der Waals surface area contributed by atoms with Gasteiger partial charge in [0.25, 0.3) is 0 Å². The highest BCUT2D eigenvalue weighted by atomic mass is 16.3. The third-order valence-electron chi connectivity index (χ3n) is 5.21. The molecule has 2 aliphatic heterocycles. The number of carbonyl (C=O) groups is 1. The van der Waals surface area contributed by atoms with Gasteiger partial charge in [-0.1, -0.05) is 12.8 Å². The normalized spacial score (nSPS) is 35.0. The number of rotatable bonds is 2. The van der Waals surface area contributed by atoms with Gasteiger partial charge < -0.3 is 10.0 Å². The molecule has 0 radical (unpaired) electrons. The molecule has 19 heavy (non-hydrogen) atoms. The fourth-order valence-corrected chi connectivity index (χ4v) is 4.10. The van der Waals surface area contributed by atoms with Crippen LogP contribution in [0.1, 0.15) is 51.4 Å².